The first-order valence-corrected chi connectivity index (χ1v) is 6.21. The van der Waals surface area contributed by atoms with Crippen LogP contribution in [0.15, 0.2) is 28.7 Å². The molecule has 1 unspecified atom stereocenters. The van der Waals surface area contributed by atoms with Crippen molar-refractivity contribution in [2.45, 2.75) is 19.0 Å². The number of aromatic nitrogens is 1. The second kappa shape index (κ2) is 4.43. The molecule has 0 amide bonds. The maximum Gasteiger partial charge on any atom is 0.393 e. The first-order valence-electron chi connectivity index (χ1n) is 6.21. The Balaban J connectivity index is 1.85. The molecule has 0 N–H and O–H groups in total. The summed E-state index contributed by atoms with van der Waals surface area (Å²) in [5.41, 5.74) is 1.28. The van der Waals surface area contributed by atoms with Gasteiger partial charge in [-0.2, -0.15) is 18.2 Å². The molecule has 0 bridgehead atoms. The third-order valence-electron chi connectivity index (χ3n) is 3.44. The summed E-state index contributed by atoms with van der Waals surface area (Å²) in [5, 5.41) is 0. The Morgan fingerprint density at radius 3 is 2.79 bits per heavy atom. The molecule has 1 aliphatic rings. The number of alkyl halides is 3. The summed E-state index contributed by atoms with van der Waals surface area (Å²) < 4.78 is 43.8. The van der Waals surface area contributed by atoms with Crippen molar-refractivity contribution in [1.29, 1.82) is 0 Å². The fourth-order valence-corrected chi connectivity index (χ4v) is 2.41. The highest BCUT2D eigenvalue weighted by Crippen LogP contribution is 2.35. The predicted octanol–water partition coefficient (Wildman–Crippen LogP) is 3.61. The monoisotopic (exact) mass is 270 g/mol. The lowest BCUT2D eigenvalue weighted by atomic mass is 9.98. The highest BCUT2D eigenvalue weighted by molar-refractivity contribution is 5.74. The number of hydrogen-bond donors (Lipinski definition) is 0. The van der Waals surface area contributed by atoms with Crippen molar-refractivity contribution in [3.8, 4) is 0 Å². The number of fused-ring (bicyclic) bond motifs is 1. The molecule has 1 saturated heterocycles. The summed E-state index contributed by atoms with van der Waals surface area (Å²) in [6, 6.07) is 7.47. The summed E-state index contributed by atoms with van der Waals surface area (Å²) in [7, 11) is 0. The lowest BCUT2D eigenvalue weighted by Gasteiger charge is -2.32. The van der Waals surface area contributed by atoms with Crippen molar-refractivity contribution in [2.24, 2.45) is 5.92 Å². The van der Waals surface area contributed by atoms with Crippen LogP contribution in [-0.4, -0.2) is 24.2 Å². The standard InChI is InChI=1S/C13H13F3N2O/c14-13(15,16)9-4-3-7-18(8-9)12-17-10-5-1-2-6-11(10)19-12/h1-2,5-6,9H,3-4,7-8H2. The lowest BCUT2D eigenvalue weighted by molar-refractivity contribution is -0.176. The second-order valence-corrected chi connectivity index (χ2v) is 4.79. The molecule has 102 valence electrons. The molecule has 3 rings (SSSR count). The van der Waals surface area contributed by atoms with Crippen LogP contribution >= 0.6 is 0 Å². The Kier molecular flexibility index (Phi) is 2.88. The van der Waals surface area contributed by atoms with Crippen LogP contribution in [0.3, 0.4) is 0 Å². The minimum absolute atomic E-state index is 0.0731. The first kappa shape index (κ1) is 12.3. The molecular formula is C13H13F3N2O. The zero-order valence-corrected chi connectivity index (χ0v) is 10.2. The van der Waals surface area contributed by atoms with E-state index in [1.807, 2.05) is 12.1 Å². The second-order valence-electron chi connectivity index (χ2n) is 4.79. The number of anilines is 1. The molecule has 1 aliphatic heterocycles. The number of piperidine rings is 1. The third-order valence-corrected chi connectivity index (χ3v) is 3.44. The average molecular weight is 270 g/mol. The van der Waals surface area contributed by atoms with E-state index in [-0.39, 0.29) is 19.0 Å². The SMILES string of the molecule is FC(F)(F)C1CCCN(c2nc3ccccc3o2)C1. The first-order chi connectivity index (χ1) is 9.04. The fourth-order valence-electron chi connectivity index (χ4n) is 2.41. The van der Waals surface area contributed by atoms with Gasteiger partial charge in [-0.1, -0.05) is 12.1 Å². The van der Waals surface area contributed by atoms with Gasteiger partial charge in [-0.15, -0.1) is 0 Å². The van der Waals surface area contributed by atoms with E-state index in [9.17, 15) is 13.2 Å². The topological polar surface area (TPSA) is 29.3 Å². The van der Waals surface area contributed by atoms with Crippen LogP contribution in [0.2, 0.25) is 0 Å². The fraction of sp³-hybridized carbons (Fsp3) is 0.462. The number of benzene rings is 1. The van der Waals surface area contributed by atoms with Gasteiger partial charge >= 0.3 is 6.18 Å². The summed E-state index contributed by atoms with van der Waals surface area (Å²) in [6.07, 6.45) is -3.46. The van der Waals surface area contributed by atoms with Gasteiger partial charge in [-0.3, -0.25) is 0 Å². The number of nitrogens with zero attached hydrogens (tertiary/aromatic N) is 2. The molecule has 1 atom stereocenters. The van der Waals surface area contributed by atoms with Crippen molar-refractivity contribution in [3.05, 3.63) is 24.3 Å². The molecule has 0 saturated carbocycles. The Morgan fingerprint density at radius 1 is 1.26 bits per heavy atom. The molecule has 1 aromatic heterocycles. The highest BCUT2D eigenvalue weighted by atomic mass is 19.4. The van der Waals surface area contributed by atoms with Gasteiger partial charge in [0, 0.05) is 13.1 Å². The quantitative estimate of drug-likeness (QED) is 0.792. The van der Waals surface area contributed by atoms with E-state index in [4.69, 9.17) is 4.42 Å². The van der Waals surface area contributed by atoms with E-state index in [1.54, 1.807) is 17.0 Å². The molecule has 6 heteroatoms. The van der Waals surface area contributed by atoms with Crippen molar-refractivity contribution in [1.82, 2.24) is 4.98 Å². The van der Waals surface area contributed by atoms with Crippen LogP contribution < -0.4 is 4.90 Å². The lowest BCUT2D eigenvalue weighted by Crippen LogP contribution is -2.41. The van der Waals surface area contributed by atoms with Crippen LogP contribution in [0.4, 0.5) is 19.2 Å². The Morgan fingerprint density at radius 2 is 2.05 bits per heavy atom. The minimum Gasteiger partial charge on any atom is -0.423 e. The van der Waals surface area contributed by atoms with Crippen LogP contribution in [0.5, 0.6) is 0 Å². The summed E-state index contributed by atoms with van der Waals surface area (Å²) in [4.78, 5) is 5.83. The van der Waals surface area contributed by atoms with Gasteiger partial charge in [0.25, 0.3) is 6.01 Å². The number of oxazole rings is 1. The zero-order chi connectivity index (χ0) is 13.5. The zero-order valence-electron chi connectivity index (χ0n) is 10.2. The number of halogens is 3. The largest absolute Gasteiger partial charge is 0.423 e. The molecule has 2 heterocycles. The van der Waals surface area contributed by atoms with Crippen molar-refractivity contribution >= 4 is 17.1 Å². The minimum atomic E-state index is -4.15. The van der Waals surface area contributed by atoms with Crippen LogP contribution in [0, 0.1) is 5.92 Å². The van der Waals surface area contributed by atoms with Gasteiger partial charge in [0.15, 0.2) is 5.58 Å². The maximum absolute atomic E-state index is 12.8. The van der Waals surface area contributed by atoms with Gasteiger partial charge in [-0.05, 0) is 25.0 Å². The smallest absolute Gasteiger partial charge is 0.393 e. The summed E-state index contributed by atoms with van der Waals surface area (Å²) in [6.45, 7) is 0.482. The molecule has 19 heavy (non-hydrogen) atoms. The highest BCUT2D eigenvalue weighted by Gasteiger charge is 2.42. The average Bonchev–Trinajstić information content (AvgIpc) is 2.81. The molecule has 1 fully saturated rings. The van der Waals surface area contributed by atoms with Gasteiger partial charge in [0.05, 0.1) is 5.92 Å². The Hall–Kier alpha value is -1.72. The number of hydrogen-bond acceptors (Lipinski definition) is 3. The molecule has 0 aliphatic carbocycles. The molecule has 1 aromatic carbocycles. The molecule has 2 aromatic rings. The van der Waals surface area contributed by atoms with E-state index in [0.717, 1.165) is 0 Å². The van der Waals surface area contributed by atoms with Crippen LogP contribution in [0.25, 0.3) is 11.1 Å². The maximum atomic E-state index is 12.8. The van der Waals surface area contributed by atoms with Crippen molar-refractivity contribution < 1.29 is 17.6 Å². The Bertz CT molecular complexity index is 546. The van der Waals surface area contributed by atoms with Crippen LogP contribution in [-0.2, 0) is 0 Å². The molecule has 0 spiro atoms. The summed E-state index contributed by atoms with van der Waals surface area (Å²) >= 11 is 0. The van der Waals surface area contributed by atoms with E-state index in [0.29, 0.717) is 24.1 Å². The van der Waals surface area contributed by atoms with E-state index in [1.165, 1.54) is 0 Å². The van der Waals surface area contributed by atoms with E-state index >= 15 is 0 Å². The number of para-hydroxylation sites is 2. The van der Waals surface area contributed by atoms with E-state index < -0.39 is 12.1 Å². The van der Waals surface area contributed by atoms with Crippen molar-refractivity contribution in [2.75, 3.05) is 18.0 Å². The van der Waals surface area contributed by atoms with Gasteiger partial charge < -0.3 is 9.32 Å². The predicted molar refractivity (Wildman–Crippen MR) is 65.0 cm³/mol. The van der Waals surface area contributed by atoms with Gasteiger partial charge in [0.2, 0.25) is 0 Å². The third kappa shape index (κ3) is 2.39. The molecule has 3 nitrogen and oxygen atoms in total. The van der Waals surface area contributed by atoms with Gasteiger partial charge in [-0.25, -0.2) is 0 Å². The Labute approximate surface area is 108 Å². The normalized spacial score (nSPS) is 21.0. The number of rotatable bonds is 1. The molecular weight excluding hydrogens is 257 g/mol. The summed E-state index contributed by atoms with van der Waals surface area (Å²) in [5.74, 6) is -1.30. The van der Waals surface area contributed by atoms with Crippen molar-refractivity contribution in [3.63, 3.8) is 0 Å². The molecule has 0 radical (unpaired) electrons. The van der Waals surface area contributed by atoms with E-state index in [2.05, 4.69) is 4.98 Å². The van der Waals surface area contributed by atoms with Crippen LogP contribution in [0.1, 0.15) is 12.8 Å². The van der Waals surface area contributed by atoms with Gasteiger partial charge in [0.1, 0.15) is 5.52 Å².